The Kier molecular flexibility index (Phi) is 6.11. The van der Waals surface area contributed by atoms with Crippen molar-refractivity contribution in [2.24, 2.45) is 0 Å². The van der Waals surface area contributed by atoms with E-state index in [-0.39, 0.29) is 33.5 Å². The largest absolute Gasteiger partial charge is 0.416 e. The van der Waals surface area contributed by atoms with Crippen LogP contribution in [0, 0.1) is 6.92 Å². The molecule has 0 aliphatic heterocycles. The van der Waals surface area contributed by atoms with Gasteiger partial charge >= 0.3 is 6.18 Å². The number of hydrogen-bond donors (Lipinski definition) is 3. The van der Waals surface area contributed by atoms with Gasteiger partial charge in [-0.3, -0.25) is 9.59 Å². The van der Waals surface area contributed by atoms with E-state index in [4.69, 9.17) is 17.3 Å². The first kappa shape index (κ1) is 22.0. The lowest BCUT2D eigenvalue weighted by Crippen LogP contribution is -2.17. The highest BCUT2D eigenvalue weighted by Crippen LogP contribution is 2.31. The summed E-state index contributed by atoms with van der Waals surface area (Å²) in [6.07, 6.45) is -3.45. The van der Waals surface area contributed by atoms with E-state index in [0.29, 0.717) is 5.56 Å². The first-order valence-corrected chi connectivity index (χ1v) is 9.10. The van der Waals surface area contributed by atoms with Gasteiger partial charge in [0, 0.05) is 16.9 Å². The van der Waals surface area contributed by atoms with Gasteiger partial charge in [-0.1, -0.05) is 23.7 Å². The topological polar surface area (TPSA) is 110 Å². The minimum absolute atomic E-state index is 0.0192. The summed E-state index contributed by atoms with van der Waals surface area (Å²) in [5.74, 6) is -1.38. The fourth-order valence-electron chi connectivity index (χ4n) is 2.60. The van der Waals surface area contributed by atoms with Crippen LogP contribution in [0.4, 0.5) is 30.4 Å². The third-order valence-corrected chi connectivity index (χ3v) is 4.60. The third kappa shape index (κ3) is 5.10. The number of carbonyl (C=O) groups excluding carboxylic acids is 2. The molecular weight excluding hydrogens is 435 g/mol. The molecule has 0 atom stereocenters. The van der Waals surface area contributed by atoms with E-state index in [9.17, 15) is 22.8 Å². The zero-order valence-corrected chi connectivity index (χ0v) is 16.7. The fraction of sp³-hybridized carbons (Fsp3) is 0.100. The molecular formula is C20H15ClF3N5O2. The van der Waals surface area contributed by atoms with Gasteiger partial charge in [0.25, 0.3) is 11.8 Å². The lowest BCUT2D eigenvalue weighted by molar-refractivity contribution is -0.137. The van der Waals surface area contributed by atoms with E-state index in [1.807, 2.05) is 0 Å². The number of rotatable bonds is 4. The SMILES string of the molecule is Cc1ccc(C(=O)Nc2cccc(C(F)(F)F)c2)cc1NC(=O)c1ncnc(N)c1Cl. The molecule has 160 valence electrons. The number of nitrogens with zero attached hydrogens (tertiary/aromatic N) is 2. The van der Waals surface area contributed by atoms with Crippen molar-refractivity contribution in [3.63, 3.8) is 0 Å². The number of aromatic nitrogens is 2. The van der Waals surface area contributed by atoms with Crippen LogP contribution in [0.25, 0.3) is 0 Å². The molecule has 0 radical (unpaired) electrons. The molecule has 1 heterocycles. The van der Waals surface area contributed by atoms with Gasteiger partial charge < -0.3 is 16.4 Å². The van der Waals surface area contributed by atoms with Crippen LogP contribution in [-0.4, -0.2) is 21.8 Å². The van der Waals surface area contributed by atoms with E-state index in [1.54, 1.807) is 13.0 Å². The molecule has 0 unspecified atom stereocenters. The molecule has 7 nitrogen and oxygen atoms in total. The molecule has 0 bridgehead atoms. The van der Waals surface area contributed by atoms with Gasteiger partial charge in [-0.2, -0.15) is 13.2 Å². The smallest absolute Gasteiger partial charge is 0.382 e. The standard InChI is InChI=1S/C20H15ClF3N5O2/c1-10-5-6-11(18(30)28-13-4-2-3-12(8-13)20(22,23)24)7-14(10)29-19(31)16-15(21)17(25)27-9-26-16/h2-9H,1H3,(H,28,30)(H,29,31)(H2,25,26,27). The predicted molar refractivity (Wildman–Crippen MR) is 110 cm³/mol. The van der Waals surface area contributed by atoms with Crippen LogP contribution in [-0.2, 0) is 6.18 Å². The second-order valence-corrected chi connectivity index (χ2v) is 6.82. The molecule has 0 fully saturated rings. The molecule has 0 spiro atoms. The summed E-state index contributed by atoms with van der Waals surface area (Å²) in [6.45, 7) is 1.69. The number of anilines is 3. The van der Waals surface area contributed by atoms with Crippen LogP contribution in [0.3, 0.4) is 0 Å². The van der Waals surface area contributed by atoms with Gasteiger partial charge in [0.1, 0.15) is 17.2 Å². The van der Waals surface area contributed by atoms with Gasteiger partial charge in [0.2, 0.25) is 0 Å². The molecule has 0 aliphatic rings. The van der Waals surface area contributed by atoms with Crippen LogP contribution in [0.1, 0.15) is 32.0 Å². The van der Waals surface area contributed by atoms with Gasteiger partial charge in [-0.05, 0) is 42.8 Å². The molecule has 2 amide bonds. The summed E-state index contributed by atoms with van der Waals surface area (Å²) in [4.78, 5) is 32.5. The van der Waals surface area contributed by atoms with Crippen molar-refractivity contribution in [2.45, 2.75) is 13.1 Å². The Balaban J connectivity index is 1.81. The molecule has 1 aromatic heterocycles. The zero-order valence-electron chi connectivity index (χ0n) is 15.9. The van der Waals surface area contributed by atoms with Crippen LogP contribution >= 0.6 is 11.6 Å². The monoisotopic (exact) mass is 449 g/mol. The van der Waals surface area contributed by atoms with Crippen molar-refractivity contribution in [3.05, 3.63) is 76.2 Å². The van der Waals surface area contributed by atoms with Crippen molar-refractivity contribution < 1.29 is 22.8 Å². The zero-order chi connectivity index (χ0) is 22.8. The Morgan fingerprint density at radius 2 is 1.77 bits per heavy atom. The maximum atomic E-state index is 12.9. The number of alkyl halides is 3. The number of carbonyl (C=O) groups is 2. The summed E-state index contributed by atoms with van der Waals surface area (Å²) in [5, 5.41) is 4.88. The molecule has 31 heavy (non-hydrogen) atoms. The number of nitrogen functional groups attached to an aromatic ring is 1. The average molecular weight is 450 g/mol. The Morgan fingerprint density at radius 1 is 1.03 bits per heavy atom. The first-order chi connectivity index (χ1) is 14.6. The summed E-state index contributed by atoms with van der Waals surface area (Å²) in [7, 11) is 0. The summed E-state index contributed by atoms with van der Waals surface area (Å²) in [5.41, 5.74) is 5.55. The van der Waals surface area contributed by atoms with E-state index < -0.39 is 23.6 Å². The molecule has 0 saturated carbocycles. The highest BCUT2D eigenvalue weighted by molar-refractivity contribution is 6.36. The number of benzene rings is 2. The maximum absolute atomic E-state index is 12.9. The van der Waals surface area contributed by atoms with Gasteiger partial charge in [-0.15, -0.1) is 0 Å². The van der Waals surface area contributed by atoms with Gasteiger partial charge in [0.15, 0.2) is 5.69 Å². The summed E-state index contributed by atoms with van der Waals surface area (Å²) >= 11 is 5.96. The molecule has 4 N–H and O–H groups in total. The number of amides is 2. The van der Waals surface area contributed by atoms with E-state index in [1.165, 1.54) is 24.3 Å². The Bertz CT molecular complexity index is 1170. The lowest BCUT2D eigenvalue weighted by Gasteiger charge is -2.12. The van der Waals surface area contributed by atoms with Crippen LogP contribution in [0.2, 0.25) is 5.02 Å². The first-order valence-electron chi connectivity index (χ1n) is 8.73. The lowest BCUT2D eigenvalue weighted by atomic mass is 10.1. The average Bonchev–Trinajstić information content (AvgIpc) is 2.71. The number of aryl methyl sites for hydroxylation is 1. The Labute approximate surface area is 179 Å². The number of halogens is 4. The Hall–Kier alpha value is -3.66. The second kappa shape index (κ2) is 8.60. The van der Waals surface area contributed by atoms with Gasteiger partial charge in [-0.25, -0.2) is 9.97 Å². The van der Waals surface area contributed by atoms with Crippen molar-refractivity contribution in [1.82, 2.24) is 9.97 Å². The highest BCUT2D eigenvalue weighted by atomic mass is 35.5. The number of nitrogens with one attached hydrogen (secondary N) is 2. The molecule has 0 aliphatic carbocycles. The molecule has 11 heteroatoms. The fourth-order valence-corrected chi connectivity index (χ4v) is 2.78. The quantitative estimate of drug-likeness (QED) is 0.541. The maximum Gasteiger partial charge on any atom is 0.416 e. The van der Waals surface area contributed by atoms with Crippen molar-refractivity contribution in [1.29, 1.82) is 0 Å². The minimum atomic E-state index is -4.53. The highest BCUT2D eigenvalue weighted by Gasteiger charge is 2.30. The van der Waals surface area contributed by atoms with Crippen molar-refractivity contribution >= 4 is 40.6 Å². The van der Waals surface area contributed by atoms with Crippen LogP contribution in [0.15, 0.2) is 48.8 Å². The molecule has 2 aromatic carbocycles. The minimum Gasteiger partial charge on any atom is -0.382 e. The van der Waals surface area contributed by atoms with E-state index in [2.05, 4.69) is 20.6 Å². The second-order valence-electron chi connectivity index (χ2n) is 6.44. The summed E-state index contributed by atoms with van der Waals surface area (Å²) in [6, 6.07) is 8.70. The number of nitrogens with two attached hydrogens (primary N) is 1. The molecule has 3 rings (SSSR count). The van der Waals surface area contributed by atoms with Crippen molar-refractivity contribution in [3.8, 4) is 0 Å². The van der Waals surface area contributed by atoms with Crippen molar-refractivity contribution in [2.75, 3.05) is 16.4 Å². The number of hydrogen-bond acceptors (Lipinski definition) is 5. The van der Waals surface area contributed by atoms with E-state index in [0.717, 1.165) is 18.5 Å². The Morgan fingerprint density at radius 3 is 2.48 bits per heavy atom. The van der Waals surface area contributed by atoms with Crippen LogP contribution < -0.4 is 16.4 Å². The normalized spacial score (nSPS) is 11.1. The summed E-state index contributed by atoms with van der Waals surface area (Å²) < 4.78 is 38.6. The molecule has 0 saturated heterocycles. The van der Waals surface area contributed by atoms with Gasteiger partial charge in [0.05, 0.1) is 5.56 Å². The predicted octanol–water partition coefficient (Wildman–Crippen LogP) is 4.54. The third-order valence-electron chi connectivity index (χ3n) is 4.23. The molecule has 3 aromatic rings. The van der Waals surface area contributed by atoms with Crippen LogP contribution in [0.5, 0.6) is 0 Å². The van der Waals surface area contributed by atoms with E-state index >= 15 is 0 Å².